The first-order valence-corrected chi connectivity index (χ1v) is 8.72. The van der Waals surface area contributed by atoms with Gasteiger partial charge in [-0.25, -0.2) is 4.98 Å². The quantitative estimate of drug-likeness (QED) is 0.915. The summed E-state index contributed by atoms with van der Waals surface area (Å²) in [5.41, 5.74) is 2.47. The van der Waals surface area contributed by atoms with Crippen molar-refractivity contribution in [3.05, 3.63) is 48.4 Å². The molecule has 3 heterocycles. The van der Waals surface area contributed by atoms with Crippen molar-refractivity contribution in [1.82, 2.24) is 14.9 Å². The predicted molar refractivity (Wildman–Crippen MR) is 99.3 cm³/mol. The molecule has 5 heteroatoms. The first kappa shape index (κ1) is 16.7. The number of hydrogen-bond donors (Lipinski definition) is 1. The molecule has 3 rings (SSSR count). The van der Waals surface area contributed by atoms with Crippen LogP contribution in [0.5, 0.6) is 0 Å². The number of nitrogens with zero attached hydrogens (tertiary/aromatic N) is 4. The highest BCUT2D eigenvalue weighted by molar-refractivity contribution is 5.48. The summed E-state index contributed by atoms with van der Waals surface area (Å²) in [6, 6.07) is 8.94. The van der Waals surface area contributed by atoms with Gasteiger partial charge in [0.15, 0.2) is 0 Å². The van der Waals surface area contributed by atoms with Crippen LogP contribution in [-0.4, -0.2) is 48.1 Å². The summed E-state index contributed by atoms with van der Waals surface area (Å²) in [4.78, 5) is 13.1. The van der Waals surface area contributed by atoms with Gasteiger partial charge in [-0.15, -0.1) is 0 Å². The molecule has 24 heavy (non-hydrogen) atoms. The van der Waals surface area contributed by atoms with Gasteiger partial charge >= 0.3 is 0 Å². The minimum Gasteiger partial charge on any atom is -0.381 e. The van der Waals surface area contributed by atoms with E-state index >= 15 is 0 Å². The standard InChI is InChI=1S/C19H27N5/c1-23(2)19-6-5-18(14-21-19)22-17-4-3-12-24(13-9-17)15-16-7-10-20-11-8-16/h5-8,10-11,14,17,22H,3-4,9,12-13,15H2,1-2H3/t17-/m1/s1. The van der Waals surface area contributed by atoms with E-state index in [2.05, 4.69) is 44.5 Å². The lowest BCUT2D eigenvalue weighted by Crippen LogP contribution is -2.26. The average Bonchev–Trinajstić information content (AvgIpc) is 2.82. The molecule has 128 valence electrons. The molecular formula is C19H27N5. The van der Waals surface area contributed by atoms with E-state index in [-0.39, 0.29) is 0 Å². The van der Waals surface area contributed by atoms with Gasteiger partial charge in [-0.1, -0.05) is 0 Å². The molecule has 0 aromatic carbocycles. The molecule has 2 aromatic heterocycles. The zero-order valence-electron chi connectivity index (χ0n) is 14.7. The zero-order valence-corrected chi connectivity index (χ0v) is 14.7. The van der Waals surface area contributed by atoms with Gasteiger partial charge in [-0.05, 0) is 55.6 Å². The van der Waals surface area contributed by atoms with Crippen LogP contribution in [0.2, 0.25) is 0 Å². The molecule has 5 nitrogen and oxygen atoms in total. The Morgan fingerprint density at radius 1 is 1.12 bits per heavy atom. The van der Waals surface area contributed by atoms with Crippen molar-refractivity contribution in [3.8, 4) is 0 Å². The molecule has 1 saturated heterocycles. The van der Waals surface area contributed by atoms with Crippen molar-refractivity contribution >= 4 is 11.5 Å². The van der Waals surface area contributed by atoms with Crippen LogP contribution in [0.15, 0.2) is 42.9 Å². The van der Waals surface area contributed by atoms with Gasteiger partial charge in [-0.3, -0.25) is 9.88 Å². The van der Waals surface area contributed by atoms with E-state index in [4.69, 9.17) is 0 Å². The van der Waals surface area contributed by atoms with E-state index in [0.717, 1.165) is 24.6 Å². The lowest BCUT2D eigenvalue weighted by Gasteiger charge is -2.21. The second-order valence-electron chi connectivity index (χ2n) is 6.70. The van der Waals surface area contributed by atoms with Gasteiger partial charge in [0.1, 0.15) is 5.82 Å². The van der Waals surface area contributed by atoms with E-state index < -0.39 is 0 Å². The lowest BCUT2D eigenvalue weighted by molar-refractivity contribution is 0.276. The number of aromatic nitrogens is 2. The molecule has 1 aliphatic rings. The highest BCUT2D eigenvalue weighted by Gasteiger charge is 2.17. The van der Waals surface area contributed by atoms with Crippen LogP contribution in [-0.2, 0) is 6.54 Å². The van der Waals surface area contributed by atoms with E-state index in [1.54, 1.807) is 0 Å². The molecule has 0 radical (unpaired) electrons. The van der Waals surface area contributed by atoms with E-state index in [1.807, 2.05) is 37.6 Å². The Hall–Kier alpha value is -2.14. The topological polar surface area (TPSA) is 44.3 Å². The Bertz CT molecular complexity index is 611. The number of likely N-dealkylation sites (tertiary alicyclic amines) is 1. The SMILES string of the molecule is CN(C)c1ccc(N[C@@H]2CCCN(Cc3ccncc3)CC2)cn1. The van der Waals surface area contributed by atoms with E-state index in [9.17, 15) is 0 Å². The smallest absolute Gasteiger partial charge is 0.128 e. The Kier molecular flexibility index (Phi) is 5.64. The highest BCUT2D eigenvalue weighted by atomic mass is 15.1. The summed E-state index contributed by atoms with van der Waals surface area (Å²) >= 11 is 0. The maximum absolute atomic E-state index is 4.49. The minimum absolute atomic E-state index is 0.527. The molecule has 0 spiro atoms. The minimum atomic E-state index is 0.527. The summed E-state index contributed by atoms with van der Waals surface area (Å²) < 4.78 is 0. The summed E-state index contributed by atoms with van der Waals surface area (Å²) in [6.07, 6.45) is 9.30. The third kappa shape index (κ3) is 4.68. The maximum Gasteiger partial charge on any atom is 0.128 e. The third-order valence-electron chi connectivity index (χ3n) is 4.55. The normalized spacial score (nSPS) is 18.8. The van der Waals surface area contributed by atoms with E-state index in [1.165, 1.54) is 31.4 Å². The molecule has 0 amide bonds. The second-order valence-corrected chi connectivity index (χ2v) is 6.70. The van der Waals surface area contributed by atoms with Crippen LogP contribution in [0.25, 0.3) is 0 Å². The molecule has 1 N–H and O–H groups in total. The maximum atomic E-state index is 4.49. The van der Waals surface area contributed by atoms with Crippen LogP contribution < -0.4 is 10.2 Å². The number of anilines is 2. The molecule has 0 unspecified atom stereocenters. The fourth-order valence-electron chi connectivity index (χ4n) is 3.18. The molecule has 1 atom stereocenters. The molecular weight excluding hydrogens is 298 g/mol. The fourth-order valence-corrected chi connectivity index (χ4v) is 3.18. The molecule has 1 aliphatic heterocycles. The zero-order chi connectivity index (χ0) is 16.8. The summed E-state index contributed by atoms with van der Waals surface area (Å²) in [5.74, 6) is 0.991. The number of hydrogen-bond acceptors (Lipinski definition) is 5. The van der Waals surface area contributed by atoms with Gasteiger partial charge in [0.05, 0.1) is 11.9 Å². The Morgan fingerprint density at radius 2 is 1.96 bits per heavy atom. The first-order valence-electron chi connectivity index (χ1n) is 8.72. The van der Waals surface area contributed by atoms with Crippen molar-refractivity contribution in [2.75, 3.05) is 37.4 Å². The second kappa shape index (κ2) is 8.11. The van der Waals surface area contributed by atoms with Gasteiger partial charge in [0.2, 0.25) is 0 Å². The van der Waals surface area contributed by atoms with Crippen molar-refractivity contribution in [1.29, 1.82) is 0 Å². The third-order valence-corrected chi connectivity index (χ3v) is 4.55. The Labute approximate surface area is 144 Å². The van der Waals surface area contributed by atoms with E-state index in [0.29, 0.717) is 6.04 Å². The fraction of sp³-hybridized carbons (Fsp3) is 0.474. The molecule has 2 aromatic rings. The molecule has 0 bridgehead atoms. The lowest BCUT2D eigenvalue weighted by atomic mass is 10.1. The van der Waals surface area contributed by atoms with Gasteiger partial charge in [-0.2, -0.15) is 0 Å². The van der Waals surface area contributed by atoms with Gasteiger partial charge in [0.25, 0.3) is 0 Å². The summed E-state index contributed by atoms with van der Waals surface area (Å²) in [6.45, 7) is 3.32. The number of nitrogens with one attached hydrogen (secondary N) is 1. The van der Waals surface area contributed by atoms with Crippen LogP contribution in [0.1, 0.15) is 24.8 Å². The Balaban J connectivity index is 1.52. The first-order chi connectivity index (χ1) is 11.7. The molecule has 0 aliphatic carbocycles. The Morgan fingerprint density at radius 3 is 2.67 bits per heavy atom. The van der Waals surface area contributed by atoms with Crippen molar-refractivity contribution in [3.63, 3.8) is 0 Å². The molecule has 0 saturated carbocycles. The van der Waals surface area contributed by atoms with Crippen LogP contribution in [0, 0.1) is 0 Å². The van der Waals surface area contributed by atoms with Crippen LogP contribution >= 0.6 is 0 Å². The predicted octanol–water partition coefficient (Wildman–Crippen LogP) is 3.01. The summed E-state index contributed by atoms with van der Waals surface area (Å²) in [5, 5.41) is 3.65. The number of pyridine rings is 2. The molecule has 1 fully saturated rings. The van der Waals surface area contributed by atoms with Gasteiger partial charge < -0.3 is 10.2 Å². The van der Waals surface area contributed by atoms with Crippen molar-refractivity contribution in [2.45, 2.75) is 31.8 Å². The van der Waals surface area contributed by atoms with Crippen LogP contribution in [0.4, 0.5) is 11.5 Å². The van der Waals surface area contributed by atoms with Crippen molar-refractivity contribution in [2.24, 2.45) is 0 Å². The monoisotopic (exact) mass is 325 g/mol. The average molecular weight is 325 g/mol. The van der Waals surface area contributed by atoms with Crippen LogP contribution in [0.3, 0.4) is 0 Å². The number of rotatable bonds is 5. The largest absolute Gasteiger partial charge is 0.381 e. The highest BCUT2D eigenvalue weighted by Crippen LogP contribution is 2.19. The van der Waals surface area contributed by atoms with Crippen molar-refractivity contribution < 1.29 is 0 Å². The summed E-state index contributed by atoms with van der Waals surface area (Å²) in [7, 11) is 4.02. The van der Waals surface area contributed by atoms with Gasteiger partial charge in [0, 0.05) is 45.6 Å².